The molecule has 2 aromatic rings. The maximum absolute atomic E-state index is 12.2. The summed E-state index contributed by atoms with van der Waals surface area (Å²) in [5.74, 6) is -1.12. The van der Waals surface area contributed by atoms with Gasteiger partial charge < -0.3 is 9.84 Å². The highest BCUT2D eigenvalue weighted by Gasteiger charge is 2.25. The van der Waals surface area contributed by atoms with Crippen LogP contribution < -0.4 is 0 Å². The highest BCUT2D eigenvalue weighted by Crippen LogP contribution is 2.26. The largest absolute Gasteiger partial charge is 0.478 e. The molecule has 1 N–H and O–H groups in total. The van der Waals surface area contributed by atoms with Gasteiger partial charge in [0.15, 0.2) is 0 Å². The number of carbonyl (C=O) groups excluding carboxylic acids is 1. The van der Waals surface area contributed by atoms with Crippen molar-refractivity contribution >= 4 is 47.0 Å². The average Bonchev–Trinajstić information content (AvgIpc) is 2.71. The molecule has 1 amide bonds. The minimum Gasteiger partial charge on any atom is -0.478 e. The Morgan fingerprint density at radius 3 is 2.73 bits per heavy atom. The number of amides is 1. The van der Waals surface area contributed by atoms with Gasteiger partial charge in [0.05, 0.1) is 34.9 Å². The van der Waals surface area contributed by atoms with Crippen molar-refractivity contribution in [1.29, 1.82) is 0 Å². The first-order chi connectivity index (χ1) is 14.3. The number of hydrogen-bond donors (Lipinski definition) is 1. The van der Waals surface area contributed by atoms with Gasteiger partial charge in [-0.2, -0.15) is 0 Å². The van der Waals surface area contributed by atoms with E-state index in [0.717, 1.165) is 12.1 Å². The number of halogens is 2. The summed E-state index contributed by atoms with van der Waals surface area (Å²) < 4.78 is 7.48. The zero-order valence-electron chi connectivity index (χ0n) is 16.4. The van der Waals surface area contributed by atoms with Gasteiger partial charge in [0.2, 0.25) is 5.91 Å². The SMILES string of the molecule is CC(=O)N(C[C@@H]1CN(Cc2ccc(Cl)c(Cl)c2)CCO1)Sc1cccc(C(=O)O)c1. The highest BCUT2D eigenvalue weighted by molar-refractivity contribution is 7.97. The standard InChI is InChI=1S/C21H22Cl2N2O4S/c1-14(26)25(30-18-4-2-3-16(10-18)21(27)28)13-17-12-24(7-8-29-17)11-15-5-6-19(22)20(23)9-15/h2-6,9-10,17H,7-8,11-13H2,1H3,(H,27,28)/t17-/m0/s1. The molecule has 0 spiro atoms. The maximum atomic E-state index is 12.2. The van der Waals surface area contributed by atoms with Crippen LogP contribution in [0.5, 0.6) is 0 Å². The van der Waals surface area contributed by atoms with Gasteiger partial charge in [-0.15, -0.1) is 0 Å². The zero-order valence-corrected chi connectivity index (χ0v) is 18.7. The lowest BCUT2D eigenvalue weighted by molar-refractivity contribution is -0.126. The van der Waals surface area contributed by atoms with Crippen LogP contribution in [0.15, 0.2) is 47.4 Å². The molecule has 0 aromatic heterocycles. The van der Waals surface area contributed by atoms with Crippen molar-refractivity contribution in [2.45, 2.75) is 24.5 Å². The van der Waals surface area contributed by atoms with Gasteiger partial charge in [0, 0.05) is 31.5 Å². The van der Waals surface area contributed by atoms with E-state index < -0.39 is 5.97 Å². The summed E-state index contributed by atoms with van der Waals surface area (Å²) in [5.41, 5.74) is 1.25. The van der Waals surface area contributed by atoms with Gasteiger partial charge in [0.1, 0.15) is 0 Å². The molecule has 1 saturated heterocycles. The fraction of sp³-hybridized carbons (Fsp3) is 0.333. The Balaban J connectivity index is 1.62. The van der Waals surface area contributed by atoms with Crippen LogP contribution in [0, 0.1) is 0 Å². The van der Waals surface area contributed by atoms with E-state index in [9.17, 15) is 9.59 Å². The summed E-state index contributed by atoms with van der Waals surface area (Å²) in [7, 11) is 0. The third-order valence-electron chi connectivity index (χ3n) is 4.63. The Bertz CT molecular complexity index is 928. The van der Waals surface area contributed by atoms with Crippen molar-refractivity contribution in [3.63, 3.8) is 0 Å². The Morgan fingerprint density at radius 1 is 1.23 bits per heavy atom. The molecule has 3 rings (SSSR count). The van der Waals surface area contributed by atoms with Crippen LogP contribution >= 0.6 is 35.1 Å². The van der Waals surface area contributed by atoms with E-state index in [1.54, 1.807) is 28.6 Å². The molecule has 1 atom stereocenters. The Morgan fingerprint density at radius 2 is 2.03 bits per heavy atom. The predicted molar refractivity (Wildman–Crippen MR) is 118 cm³/mol. The second kappa shape index (κ2) is 10.5. The first-order valence-corrected chi connectivity index (χ1v) is 10.9. The normalized spacial score (nSPS) is 17.0. The van der Waals surface area contributed by atoms with Crippen molar-refractivity contribution in [3.8, 4) is 0 Å². The minimum absolute atomic E-state index is 0.120. The quantitative estimate of drug-likeness (QED) is 0.605. The van der Waals surface area contributed by atoms with Crippen molar-refractivity contribution in [2.75, 3.05) is 26.2 Å². The van der Waals surface area contributed by atoms with E-state index in [-0.39, 0.29) is 17.6 Å². The van der Waals surface area contributed by atoms with Gasteiger partial charge in [-0.25, -0.2) is 4.79 Å². The molecule has 0 unspecified atom stereocenters. The summed E-state index contributed by atoms with van der Waals surface area (Å²) in [5, 5.41) is 10.2. The van der Waals surface area contributed by atoms with Crippen LogP contribution in [-0.4, -0.2) is 58.5 Å². The molecule has 2 aromatic carbocycles. The van der Waals surface area contributed by atoms with E-state index in [1.165, 1.54) is 24.9 Å². The summed E-state index contributed by atoms with van der Waals surface area (Å²) >= 11 is 13.3. The first-order valence-electron chi connectivity index (χ1n) is 9.39. The van der Waals surface area contributed by atoms with Crippen LogP contribution in [-0.2, 0) is 16.1 Å². The van der Waals surface area contributed by atoms with E-state index >= 15 is 0 Å². The topological polar surface area (TPSA) is 70.1 Å². The number of carboxylic acid groups (broad SMARTS) is 1. The lowest BCUT2D eigenvalue weighted by Gasteiger charge is -2.35. The zero-order chi connectivity index (χ0) is 21.7. The van der Waals surface area contributed by atoms with E-state index in [0.29, 0.717) is 41.2 Å². The van der Waals surface area contributed by atoms with Crippen LogP contribution in [0.25, 0.3) is 0 Å². The molecule has 0 aliphatic carbocycles. The highest BCUT2D eigenvalue weighted by atomic mass is 35.5. The molecular weight excluding hydrogens is 447 g/mol. The fourth-order valence-corrected chi connectivity index (χ4v) is 4.42. The number of morpholine rings is 1. The molecule has 1 fully saturated rings. The third kappa shape index (κ3) is 6.36. The van der Waals surface area contributed by atoms with E-state index in [1.807, 2.05) is 12.1 Å². The van der Waals surface area contributed by atoms with Crippen molar-refractivity contribution in [1.82, 2.24) is 9.21 Å². The summed E-state index contributed by atoms with van der Waals surface area (Å²) in [6.45, 7) is 4.62. The van der Waals surface area contributed by atoms with Gasteiger partial charge in [-0.1, -0.05) is 35.3 Å². The molecule has 6 nitrogen and oxygen atoms in total. The number of ether oxygens (including phenoxy) is 1. The minimum atomic E-state index is -1.000. The maximum Gasteiger partial charge on any atom is 0.335 e. The molecule has 1 aliphatic heterocycles. The number of carboxylic acids is 1. The summed E-state index contributed by atoms with van der Waals surface area (Å²) in [6, 6.07) is 12.1. The molecular formula is C21H22Cl2N2O4S. The molecule has 160 valence electrons. The average molecular weight is 469 g/mol. The molecule has 9 heteroatoms. The summed E-state index contributed by atoms with van der Waals surface area (Å²) in [6.07, 6.45) is -0.152. The Labute approximate surface area is 189 Å². The summed E-state index contributed by atoms with van der Waals surface area (Å²) in [4.78, 5) is 26.3. The first kappa shape index (κ1) is 22.9. The van der Waals surface area contributed by atoms with Gasteiger partial charge in [-0.05, 0) is 47.8 Å². The molecule has 0 saturated carbocycles. The Hall–Kier alpha value is -1.77. The fourth-order valence-electron chi connectivity index (χ4n) is 3.16. The molecule has 1 heterocycles. The van der Waals surface area contributed by atoms with Gasteiger partial charge in [0.25, 0.3) is 0 Å². The molecule has 0 bridgehead atoms. The van der Waals surface area contributed by atoms with Crippen molar-refractivity contribution in [3.05, 3.63) is 63.6 Å². The lowest BCUT2D eigenvalue weighted by Crippen LogP contribution is -2.46. The third-order valence-corrected chi connectivity index (χ3v) is 6.46. The van der Waals surface area contributed by atoms with Crippen LogP contribution in [0.1, 0.15) is 22.8 Å². The number of benzene rings is 2. The molecule has 1 aliphatic rings. The molecule has 30 heavy (non-hydrogen) atoms. The Kier molecular flexibility index (Phi) is 8.02. The van der Waals surface area contributed by atoms with Crippen LogP contribution in [0.4, 0.5) is 0 Å². The molecule has 0 radical (unpaired) electrons. The van der Waals surface area contributed by atoms with Crippen molar-refractivity contribution in [2.24, 2.45) is 0 Å². The van der Waals surface area contributed by atoms with Crippen molar-refractivity contribution < 1.29 is 19.4 Å². The van der Waals surface area contributed by atoms with Gasteiger partial charge in [-0.3, -0.25) is 14.0 Å². The monoisotopic (exact) mass is 468 g/mol. The number of nitrogens with zero attached hydrogens (tertiary/aromatic N) is 2. The van der Waals surface area contributed by atoms with Crippen LogP contribution in [0.2, 0.25) is 10.0 Å². The number of rotatable bonds is 7. The van der Waals surface area contributed by atoms with E-state index in [4.69, 9.17) is 33.0 Å². The second-order valence-corrected chi connectivity index (χ2v) is 8.89. The predicted octanol–water partition coefficient (Wildman–Crippen LogP) is 4.45. The van der Waals surface area contributed by atoms with Gasteiger partial charge >= 0.3 is 5.97 Å². The smallest absolute Gasteiger partial charge is 0.335 e. The number of aromatic carboxylic acids is 1. The lowest BCUT2D eigenvalue weighted by atomic mass is 10.2. The number of hydrogen-bond acceptors (Lipinski definition) is 5. The second-order valence-electron chi connectivity index (χ2n) is 6.98. The van der Waals surface area contributed by atoms with Crippen LogP contribution in [0.3, 0.4) is 0 Å². The van der Waals surface area contributed by atoms with E-state index in [2.05, 4.69) is 4.90 Å². The number of carbonyl (C=O) groups is 2.